The molecule has 0 unspecified atom stereocenters. The first kappa shape index (κ1) is 15.2. The summed E-state index contributed by atoms with van der Waals surface area (Å²) >= 11 is 1.93. The third-order valence-corrected chi connectivity index (χ3v) is 5.14. The van der Waals surface area contributed by atoms with E-state index in [0.717, 1.165) is 12.2 Å². The van der Waals surface area contributed by atoms with Crippen LogP contribution in [0.1, 0.15) is 6.42 Å². The van der Waals surface area contributed by atoms with E-state index in [2.05, 4.69) is 10.2 Å². The molecule has 1 fully saturated rings. The smallest absolute Gasteiger partial charge is 0.408 e. The number of nitrogens with one attached hydrogen (secondary N) is 1. The number of oxazole rings is 1. The van der Waals surface area contributed by atoms with E-state index < -0.39 is 5.76 Å². The molecule has 0 saturated carbocycles. The summed E-state index contributed by atoms with van der Waals surface area (Å²) in [4.78, 5) is 25.7. The van der Waals surface area contributed by atoms with E-state index >= 15 is 0 Å². The monoisotopic (exact) mass is 321 g/mol. The molecular weight excluding hydrogens is 302 g/mol. The van der Waals surface area contributed by atoms with Crippen LogP contribution in [0.2, 0.25) is 0 Å². The predicted octanol–water partition coefficient (Wildman–Crippen LogP) is 1.51. The molecule has 1 N–H and O–H groups in total. The largest absolute Gasteiger partial charge is 0.419 e. The number of carbonyl (C=O) groups is 1. The Hall–Kier alpha value is -1.73. The van der Waals surface area contributed by atoms with Gasteiger partial charge in [0, 0.05) is 24.5 Å². The molecule has 7 heteroatoms. The van der Waals surface area contributed by atoms with Gasteiger partial charge in [-0.1, -0.05) is 0 Å². The Morgan fingerprint density at radius 1 is 1.55 bits per heavy atom. The zero-order valence-electron chi connectivity index (χ0n) is 12.7. The predicted molar refractivity (Wildman–Crippen MR) is 88.4 cm³/mol. The van der Waals surface area contributed by atoms with Crippen LogP contribution in [0.15, 0.2) is 27.4 Å². The number of benzene rings is 1. The first-order chi connectivity index (χ1) is 10.5. The molecule has 22 heavy (non-hydrogen) atoms. The van der Waals surface area contributed by atoms with E-state index in [1.54, 1.807) is 25.2 Å². The maximum atomic E-state index is 12.2. The highest BCUT2D eigenvalue weighted by Crippen LogP contribution is 2.21. The topological polar surface area (TPSA) is 67.5 Å². The van der Waals surface area contributed by atoms with Gasteiger partial charge in [-0.3, -0.25) is 14.3 Å². The van der Waals surface area contributed by atoms with Gasteiger partial charge in [0.25, 0.3) is 0 Å². The molecule has 1 aliphatic rings. The van der Waals surface area contributed by atoms with Gasteiger partial charge < -0.3 is 9.73 Å². The molecule has 1 aromatic carbocycles. The lowest BCUT2D eigenvalue weighted by Gasteiger charge is -2.22. The summed E-state index contributed by atoms with van der Waals surface area (Å²) in [6.45, 7) is 0.369. The number of thioether (sulfide) groups is 1. The fraction of sp³-hybridized carbons (Fsp3) is 0.467. The van der Waals surface area contributed by atoms with Crippen LogP contribution in [0.4, 0.5) is 5.69 Å². The number of rotatable bonds is 4. The standard InChI is InChI=1S/C15H19N3O3S/c1-17(11-5-6-22-9-11)8-14(19)16-10-3-4-13-12(7-10)18(2)15(20)21-13/h3-4,7,11H,5-6,8-9H2,1-2H3,(H,16,19)/t11-/m0/s1. The lowest BCUT2D eigenvalue weighted by molar-refractivity contribution is -0.117. The summed E-state index contributed by atoms with van der Waals surface area (Å²) in [5.41, 5.74) is 1.86. The van der Waals surface area contributed by atoms with Gasteiger partial charge in [-0.15, -0.1) is 0 Å². The van der Waals surface area contributed by atoms with Crippen molar-refractivity contribution < 1.29 is 9.21 Å². The van der Waals surface area contributed by atoms with Gasteiger partial charge in [0.05, 0.1) is 12.1 Å². The Balaban J connectivity index is 1.68. The average molecular weight is 321 g/mol. The van der Waals surface area contributed by atoms with E-state index in [9.17, 15) is 9.59 Å². The molecule has 118 valence electrons. The molecule has 3 rings (SSSR count). The van der Waals surface area contributed by atoms with Crippen molar-refractivity contribution in [2.24, 2.45) is 7.05 Å². The second-order valence-electron chi connectivity index (χ2n) is 5.59. The van der Waals surface area contributed by atoms with Crippen molar-refractivity contribution >= 4 is 34.5 Å². The first-order valence-corrected chi connectivity index (χ1v) is 8.37. The fourth-order valence-electron chi connectivity index (χ4n) is 2.63. The SMILES string of the molecule is CN(CC(=O)Nc1ccc2oc(=O)n(C)c2c1)[C@H]1CCSC1. The number of hydrogen-bond donors (Lipinski definition) is 1. The third kappa shape index (κ3) is 3.05. The summed E-state index contributed by atoms with van der Waals surface area (Å²) in [6, 6.07) is 5.68. The number of aryl methyl sites for hydroxylation is 1. The number of anilines is 1. The number of amides is 1. The van der Waals surface area contributed by atoms with Gasteiger partial charge >= 0.3 is 5.76 Å². The Kier molecular flexibility index (Phi) is 4.26. The number of fused-ring (bicyclic) bond motifs is 1. The number of carbonyl (C=O) groups excluding carboxylic acids is 1. The van der Waals surface area contributed by atoms with Gasteiger partial charge in [0.2, 0.25) is 5.91 Å². The van der Waals surface area contributed by atoms with Crippen LogP contribution in [-0.4, -0.2) is 46.5 Å². The zero-order valence-corrected chi connectivity index (χ0v) is 13.5. The van der Waals surface area contributed by atoms with Gasteiger partial charge in [0.1, 0.15) is 0 Å². The molecule has 1 saturated heterocycles. The molecule has 6 nitrogen and oxygen atoms in total. The summed E-state index contributed by atoms with van der Waals surface area (Å²) < 4.78 is 6.50. The maximum absolute atomic E-state index is 12.2. The summed E-state index contributed by atoms with van der Waals surface area (Å²) in [5.74, 6) is 1.80. The van der Waals surface area contributed by atoms with Gasteiger partial charge in [-0.25, -0.2) is 4.79 Å². The normalized spacial score (nSPS) is 18.2. The molecule has 2 aromatic rings. The first-order valence-electron chi connectivity index (χ1n) is 7.22. The molecule has 1 amide bonds. The molecule has 2 heterocycles. The van der Waals surface area contributed by atoms with Crippen LogP contribution in [0, 0.1) is 0 Å². The molecule has 1 aliphatic heterocycles. The van der Waals surface area contributed by atoms with Gasteiger partial charge in [-0.2, -0.15) is 11.8 Å². The molecule has 0 bridgehead atoms. The molecule has 0 aliphatic carbocycles. The van der Waals surface area contributed by atoms with Crippen LogP contribution in [0.3, 0.4) is 0 Å². The van der Waals surface area contributed by atoms with Crippen LogP contribution >= 0.6 is 11.8 Å². The van der Waals surface area contributed by atoms with E-state index in [0.29, 0.717) is 29.4 Å². The minimum absolute atomic E-state index is 0.0488. The second kappa shape index (κ2) is 6.18. The zero-order chi connectivity index (χ0) is 15.7. The van der Waals surface area contributed by atoms with E-state index in [1.165, 1.54) is 10.3 Å². The number of hydrogen-bond acceptors (Lipinski definition) is 5. The van der Waals surface area contributed by atoms with Crippen molar-refractivity contribution in [2.75, 3.05) is 30.4 Å². The van der Waals surface area contributed by atoms with Gasteiger partial charge in [0.15, 0.2) is 5.58 Å². The quantitative estimate of drug-likeness (QED) is 0.924. The molecular formula is C15H19N3O3S. The third-order valence-electron chi connectivity index (χ3n) is 4.00. The molecule has 0 spiro atoms. The number of nitrogens with zero attached hydrogens (tertiary/aromatic N) is 2. The van der Waals surface area contributed by atoms with Crippen molar-refractivity contribution in [2.45, 2.75) is 12.5 Å². The van der Waals surface area contributed by atoms with Crippen LogP contribution in [-0.2, 0) is 11.8 Å². The van der Waals surface area contributed by atoms with Crippen molar-refractivity contribution in [3.63, 3.8) is 0 Å². The molecule has 1 atom stereocenters. The van der Waals surface area contributed by atoms with Crippen molar-refractivity contribution in [3.05, 3.63) is 28.7 Å². The van der Waals surface area contributed by atoms with E-state index in [-0.39, 0.29) is 5.91 Å². The van der Waals surface area contributed by atoms with Crippen molar-refractivity contribution in [1.82, 2.24) is 9.47 Å². The van der Waals surface area contributed by atoms with Crippen molar-refractivity contribution in [1.29, 1.82) is 0 Å². The fourth-order valence-corrected chi connectivity index (χ4v) is 3.93. The average Bonchev–Trinajstić information content (AvgIpc) is 3.10. The minimum Gasteiger partial charge on any atom is -0.408 e. The highest BCUT2D eigenvalue weighted by molar-refractivity contribution is 7.99. The van der Waals surface area contributed by atoms with E-state index in [4.69, 9.17) is 4.42 Å². The summed E-state index contributed by atoms with van der Waals surface area (Å²) in [6.07, 6.45) is 1.14. The van der Waals surface area contributed by atoms with Gasteiger partial charge in [-0.05, 0) is 37.4 Å². The van der Waals surface area contributed by atoms with Crippen LogP contribution in [0.5, 0.6) is 0 Å². The minimum atomic E-state index is -0.406. The summed E-state index contributed by atoms with van der Waals surface area (Å²) in [5, 5.41) is 2.88. The van der Waals surface area contributed by atoms with Crippen LogP contribution < -0.4 is 11.1 Å². The van der Waals surface area contributed by atoms with Crippen molar-refractivity contribution in [3.8, 4) is 0 Å². The maximum Gasteiger partial charge on any atom is 0.419 e. The second-order valence-corrected chi connectivity index (χ2v) is 6.74. The Morgan fingerprint density at radius 2 is 2.36 bits per heavy atom. The lowest BCUT2D eigenvalue weighted by Crippen LogP contribution is -2.37. The van der Waals surface area contributed by atoms with E-state index in [1.807, 2.05) is 18.8 Å². The lowest BCUT2D eigenvalue weighted by atomic mass is 10.2. The van der Waals surface area contributed by atoms with Crippen LogP contribution in [0.25, 0.3) is 11.1 Å². The highest BCUT2D eigenvalue weighted by Gasteiger charge is 2.21. The number of likely N-dealkylation sites (N-methyl/N-ethyl adjacent to an activating group) is 1. The number of aromatic nitrogens is 1. The Morgan fingerprint density at radius 3 is 3.09 bits per heavy atom. The molecule has 0 radical (unpaired) electrons. The Labute approximate surface area is 132 Å². The molecule has 1 aromatic heterocycles. The summed E-state index contributed by atoms with van der Waals surface area (Å²) in [7, 11) is 3.63. The highest BCUT2D eigenvalue weighted by atomic mass is 32.2. The Bertz CT molecular complexity index is 746.